The largest absolute Gasteiger partial charge is 0.366 e. The van der Waals surface area contributed by atoms with Gasteiger partial charge in [-0.25, -0.2) is 0 Å². The van der Waals surface area contributed by atoms with Crippen LogP contribution in [0.15, 0.2) is 29.2 Å². The van der Waals surface area contributed by atoms with Crippen molar-refractivity contribution in [3.8, 4) is 0 Å². The second-order valence-corrected chi connectivity index (χ2v) is 5.13. The summed E-state index contributed by atoms with van der Waals surface area (Å²) in [6.07, 6.45) is 2.15. The lowest BCUT2D eigenvalue weighted by Gasteiger charge is -2.15. The molecule has 1 heterocycles. The monoisotopic (exact) mass is 267 g/mol. The molecule has 1 aromatic carbocycles. The summed E-state index contributed by atoms with van der Waals surface area (Å²) in [5, 5.41) is 12.2. The van der Waals surface area contributed by atoms with Gasteiger partial charge in [-0.1, -0.05) is 12.1 Å². The number of ether oxygens (including phenoxy) is 1. The molecule has 1 aromatic rings. The molecule has 1 saturated heterocycles. The Bertz CT molecular complexity index is 407. The van der Waals surface area contributed by atoms with Gasteiger partial charge in [-0.3, -0.25) is 4.79 Å². The lowest BCUT2D eigenvalue weighted by Crippen LogP contribution is -2.41. The molecule has 2 atom stereocenters. The van der Waals surface area contributed by atoms with Crippen LogP contribution in [-0.2, 0) is 16.0 Å². The minimum atomic E-state index is -0.868. The number of amides is 1. The van der Waals surface area contributed by atoms with E-state index in [4.69, 9.17) is 4.74 Å². The molecule has 4 nitrogen and oxygen atoms in total. The van der Waals surface area contributed by atoms with Crippen LogP contribution in [-0.4, -0.2) is 36.2 Å². The number of rotatable bonds is 4. The second-order valence-electron chi connectivity index (χ2n) is 4.25. The zero-order valence-electron chi connectivity index (χ0n) is 10.3. The number of thioether (sulfide) groups is 1. The molecule has 0 aromatic heterocycles. The van der Waals surface area contributed by atoms with Crippen molar-refractivity contribution in [1.29, 1.82) is 0 Å². The van der Waals surface area contributed by atoms with E-state index in [2.05, 4.69) is 5.32 Å². The standard InChI is InChI=1S/C13H17NO3S/c1-18-10-4-2-9(3-5-10)8-12(15)14-11-6-7-17-13(11)16/h2-5,11,13,16H,6-8H2,1H3,(H,14,15)/t11-,13?/m0/s1. The van der Waals surface area contributed by atoms with Crippen molar-refractivity contribution in [2.45, 2.75) is 30.1 Å². The summed E-state index contributed by atoms with van der Waals surface area (Å²) < 4.78 is 4.98. The van der Waals surface area contributed by atoms with Crippen molar-refractivity contribution < 1.29 is 14.6 Å². The van der Waals surface area contributed by atoms with Crippen LogP contribution in [0.5, 0.6) is 0 Å². The summed E-state index contributed by atoms with van der Waals surface area (Å²) in [7, 11) is 0. The average Bonchev–Trinajstić information content (AvgIpc) is 2.76. The highest BCUT2D eigenvalue weighted by molar-refractivity contribution is 7.98. The summed E-state index contributed by atoms with van der Waals surface area (Å²) in [5.74, 6) is -0.0820. The maximum Gasteiger partial charge on any atom is 0.224 e. The van der Waals surface area contributed by atoms with Crippen LogP contribution >= 0.6 is 11.8 Å². The van der Waals surface area contributed by atoms with Crippen molar-refractivity contribution >= 4 is 17.7 Å². The van der Waals surface area contributed by atoms with E-state index in [9.17, 15) is 9.90 Å². The van der Waals surface area contributed by atoms with Crippen LogP contribution in [0.3, 0.4) is 0 Å². The number of hydrogen-bond donors (Lipinski definition) is 2. The highest BCUT2D eigenvalue weighted by Gasteiger charge is 2.27. The fraction of sp³-hybridized carbons (Fsp3) is 0.462. The Morgan fingerprint density at radius 2 is 2.22 bits per heavy atom. The van der Waals surface area contributed by atoms with Gasteiger partial charge in [0, 0.05) is 4.90 Å². The minimum absolute atomic E-state index is 0.0820. The van der Waals surface area contributed by atoms with Gasteiger partial charge in [0.2, 0.25) is 5.91 Å². The van der Waals surface area contributed by atoms with Gasteiger partial charge in [0.15, 0.2) is 6.29 Å². The van der Waals surface area contributed by atoms with Gasteiger partial charge in [-0.15, -0.1) is 11.8 Å². The summed E-state index contributed by atoms with van der Waals surface area (Å²) in [4.78, 5) is 13.0. The van der Waals surface area contributed by atoms with Crippen molar-refractivity contribution in [1.82, 2.24) is 5.32 Å². The third-order valence-corrected chi connectivity index (χ3v) is 3.68. The van der Waals surface area contributed by atoms with Crippen LogP contribution in [0.25, 0.3) is 0 Å². The predicted molar refractivity (Wildman–Crippen MR) is 70.4 cm³/mol. The summed E-state index contributed by atoms with van der Waals surface area (Å²) in [6.45, 7) is 0.495. The first-order valence-corrected chi connectivity index (χ1v) is 7.13. The zero-order valence-corrected chi connectivity index (χ0v) is 11.1. The van der Waals surface area contributed by atoms with E-state index < -0.39 is 6.29 Å². The number of hydrogen-bond acceptors (Lipinski definition) is 4. The third kappa shape index (κ3) is 3.48. The molecule has 1 fully saturated rings. The molecule has 1 aliphatic heterocycles. The van der Waals surface area contributed by atoms with E-state index in [0.29, 0.717) is 19.4 Å². The highest BCUT2D eigenvalue weighted by Crippen LogP contribution is 2.15. The Balaban J connectivity index is 1.86. The molecule has 5 heteroatoms. The fourth-order valence-corrected chi connectivity index (χ4v) is 2.31. The molecular formula is C13H17NO3S. The quantitative estimate of drug-likeness (QED) is 0.804. The van der Waals surface area contributed by atoms with Gasteiger partial charge in [0.1, 0.15) is 0 Å². The molecule has 2 N–H and O–H groups in total. The lowest BCUT2D eigenvalue weighted by atomic mass is 10.1. The van der Waals surface area contributed by atoms with Crippen LogP contribution in [0.4, 0.5) is 0 Å². The molecule has 0 saturated carbocycles. The first-order valence-electron chi connectivity index (χ1n) is 5.91. The van der Waals surface area contributed by atoms with E-state index >= 15 is 0 Å². The number of aliphatic hydroxyl groups is 1. The van der Waals surface area contributed by atoms with E-state index in [1.807, 2.05) is 30.5 Å². The molecule has 2 rings (SSSR count). The Labute approximate surface area is 111 Å². The molecule has 1 unspecified atom stereocenters. The van der Waals surface area contributed by atoms with Gasteiger partial charge in [0.05, 0.1) is 19.1 Å². The predicted octanol–water partition coefficient (Wildman–Crippen LogP) is 1.17. The molecule has 18 heavy (non-hydrogen) atoms. The molecule has 1 aliphatic rings. The summed E-state index contributed by atoms with van der Waals surface area (Å²) in [5.41, 5.74) is 0.971. The third-order valence-electron chi connectivity index (χ3n) is 2.93. The molecule has 98 valence electrons. The lowest BCUT2D eigenvalue weighted by molar-refractivity contribution is -0.124. The van der Waals surface area contributed by atoms with Crippen LogP contribution in [0.2, 0.25) is 0 Å². The van der Waals surface area contributed by atoms with Crippen LogP contribution in [0.1, 0.15) is 12.0 Å². The molecule has 0 aliphatic carbocycles. The smallest absolute Gasteiger partial charge is 0.224 e. The first-order chi connectivity index (χ1) is 8.69. The van der Waals surface area contributed by atoms with Crippen molar-refractivity contribution in [2.24, 2.45) is 0 Å². The maximum absolute atomic E-state index is 11.8. The second kappa shape index (κ2) is 6.22. The number of aliphatic hydroxyl groups excluding tert-OH is 1. The van der Waals surface area contributed by atoms with Crippen LogP contribution in [0, 0.1) is 0 Å². The average molecular weight is 267 g/mol. The van der Waals surface area contributed by atoms with E-state index in [1.165, 1.54) is 4.90 Å². The minimum Gasteiger partial charge on any atom is -0.366 e. The van der Waals surface area contributed by atoms with Crippen molar-refractivity contribution in [3.63, 3.8) is 0 Å². The Morgan fingerprint density at radius 1 is 1.50 bits per heavy atom. The number of carbonyl (C=O) groups is 1. The molecule has 0 spiro atoms. The van der Waals surface area contributed by atoms with Gasteiger partial charge in [0.25, 0.3) is 0 Å². The topological polar surface area (TPSA) is 58.6 Å². The Kier molecular flexibility index (Phi) is 4.63. The zero-order chi connectivity index (χ0) is 13.0. The highest BCUT2D eigenvalue weighted by atomic mass is 32.2. The van der Waals surface area contributed by atoms with Crippen molar-refractivity contribution in [2.75, 3.05) is 12.9 Å². The van der Waals surface area contributed by atoms with Gasteiger partial charge >= 0.3 is 0 Å². The van der Waals surface area contributed by atoms with E-state index in [1.54, 1.807) is 11.8 Å². The Hall–Kier alpha value is -1.04. The van der Waals surface area contributed by atoms with Crippen molar-refractivity contribution in [3.05, 3.63) is 29.8 Å². The fourth-order valence-electron chi connectivity index (χ4n) is 1.90. The molecule has 1 amide bonds. The van der Waals surface area contributed by atoms with E-state index in [0.717, 1.165) is 5.56 Å². The summed E-state index contributed by atoms with van der Waals surface area (Å²) in [6, 6.07) is 7.63. The number of nitrogens with one attached hydrogen (secondary N) is 1. The van der Waals surface area contributed by atoms with Gasteiger partial charge in [-0.05, 0) is 30.4 Å². The number of benzene rings is 1. The SMILES string of the molecule is CSc1ccc(CC(=O)N[C@H]2CCOC2O)cc1. The van der Waals surface area contributed by atoms with Gasteiger partial charge < -0.3 is 15.2 Å². The molecule has 0 bridgehead atoms. The molecular weight excluding hydrogens is 250 g/mol. The van der Waals surface area contributed by atoms with Gasteiger partial charge in [-0.2, -0.15) is 0 Å². The van der Waals surface area contributed by atoms with Crippen LogP contribution < -0.4 is 5.32 Å². The maximum atomic E-state index is 11.8. The molecule has 0 radical (unpaired) electrons. The van der Waals surface area contributed by atoms with E-state index in [-0.39, 0.29) is 11.9 Å². The summed E-state index contributed by atoms with van der Waals surface area (Å²) >= 11 is 1.67. The normalized spacial score (nSPS) is 23.0. The first kappa shape index (κ1) is 13.4. The Morgan fingerprint density at radius 3 is 2.78 bits per heavy atom. The number of carbonyl (C=O) groups excluding carboxylic acids is 1.